The van der Waals surface area contributed by atoms with Gasteiger partial charge < -0.3 is 15.1 Å². The van der Waals surface area contributed by atoms with E-state index in [1.165, 1.54) is 0 Å². The maximum absolute atomic E-state index is 11.0. The Hall–Kier alpha value is 0.230. The number of hydrogen-bond donors (Lipinski definition) is 2. The number of aliphatic hydroxyl groups is 2. The van der Waals surface area contributed by atoms with Gasteiger partial charge in [0, 0.05) is 17.7 Å². The summed E-state index contributed by atoms with van der Waals surface area (Å²) in [5, 5.41) is 20.8. The van der Waals surface area contributed by atoms with Gasteiger partial charge in [-0.25, -0.2) is 0 Å². The fraction of sp³-hybridized carbons (Fsp3) is 1.00. The first-order valence-electron chi connectivity index (χ1n) is 6.79. The average Bonchev–Trinajstić information content (AvgIpc) is 2.39. The van der Waals surface area contributed by atoms with Crippen LogP contribution in [0.5, 0.6) is 0 Å². The lowest BCUT2D eigenvalue weighted by molar-refractivity contribution is -0.131. The molecule has 2 heterocycles. The Morgan fingerprint density at radius 2 is 2.12 bits per heavy atom. The third kappa shape index (κ3) is 2.50. The van der Waals surface area contributed by atoms with Crippen LogP contribution in [0.1, 0.15) is 32.6 Å². The molecule has 2 atom stereocenters. The normalized spacial score (nSPS) is 40.4. The summed E-state index contributed by atoms with van der Waals surface area (Å²) in [6.07, 6.45) is 4.01. The standard InChI is InChI=1S/C13H25NO2S/c1-2-14-7-3-5-12(9-14,10-15)13(16)6-4-8-17-11-13/h15-16H,2-11H2,1H3. The summed E-state index contributed by atoms with van der Waals surface area (Å²) in [7, 11) is 0. The van der Waals surface area contributed by atoms with Crippen LogP contribution in [0.15, 0.2) is 0 Å². The molecule has 3 nitrogen and oxygen atoms in total. The number of hydrogen-bond acceptors (Lipinski definition) is 4. The van der Waals surface area contributed by atoms with Crippen LogP contribution in [0.3, 0.4) is 0 Å². The van der Waals surface area contributed by atoms with Gasteiger partial charge in [-0.05, 0) is 44.5 Å². The van der Waals surface area contributed by atoms with E-state index in [4.69, 9.17) is 0 Å². The van der Waals surface area contributed by atoms with Crippen molar-refractivity contribution < 1.29 is 10.2 Å². The van der Waals surface area contributed by atoms with Gasteiger partial charge in [0.1, 0.15) is 0 Å². The first kappa shape index (κ1) is 13.7. The molecule has 2 aliphatic heterocycles. The van der Waals surface area contributed by atoms with E-state index in [0.717, 1.165) is 56.8 Å². The maximum atomic E-state index is 11.0. The minimum absolute atomic E-state index is 0.126. The summed E-state index contributed by atoms with van der Waals surface area (Å²) in [6, 6.07) is 0. The van der Waals surface area contributed by atoms with Gasteiger partial charge in [0.15, 0.2) is 0 Å². The zero-order chi connectivity index (χ0) is 12.4. The molecule has 2 aliphatic rings. The third-order valence-electron chi connectivity index (χ3n) is 4.61. The predicted octanol–water partition coefficient (Wildman–Crippen LogP) is 1.34. The van der Waals surface area contributed by atoms with Crippen molar-refractivity contribution in [3.8, 4) is 0 Å². The molecule has 0 bridgehead atoms. The van der Waals surface area contributed by atoms with E-state index in [1.54, 1.807) is 0 Å². The molecule has 0 spiro atoms. The van der Waals surface area contributed by atoms with Crippen LogP contribution in [0.25, 0.3) is 0 Å². The first-order chi connectivity index (χ1) is 8.16. The molecule has 2 N–H and O–H groups in total. The van der Waals surface area contributed by atoms with Gasteiger partial charge in [-0.3, -0.25) is 0 Å². The van der Waals surface area contributed by atoms with Gasteiger partial charge in [-0.2, -0.15) is 11.8 Å². The SMILES string of the molecule is CCN1CCCC(CO)(C2(O)CCCSC2)C1. The summed E-state index contributed by atoms with van der Waals surface area (Å²) in [6.45, 7) is 5.27. The van der Waals surface area contributed by atoms with Crippen LogP contribution in [-0.2, 0) is 0 Å². The molecule has 0 aromatic rings. The largest absolute Gasteiger partial charge is 0.396 e. The monoisotopic (exact) mass is 259 g/mol. The van der Waals surface area contributed by atoms with Crippen molar-refractivity contribution in [2.45, 2.75) is 38.2 Å². The Morgan fingerprint density at radius 1 is 1.29 bits per heavy atom. The van der Waals surface area contributed by atoms with E-state index in [9.17, 15) is 10.2 Å². The van der Waals surface area contributed by atoms with E-state index in [-0.39, 0.29) is 12.0 Å². The van der Waals surface area contributed by atoms with Gasteiger partial charge in [0.05, 0.1) is 12.2 Å². The molecule has 2 fully saturated rings. The smallest absolute Gasteiger partial charge is 0.0828 e. The Morgan fingerprint density at radius 3 is 2.71 bits per heavy atom. The number of thioether (sulfide) groups is 1. The van der Waals surface area contributed by atoms with Gasteiger partial charge in [0.25, 0.3) is 0 Å². The van der Waals surface area contributed by atoms with E-state index in [2.05, 4.69) is 11.8 Å². The molecule has 0 saturated carbocycles. The van der Waals surface area contributed by atoms with Crippen molar-refractivity contribution >= 4 is 11.8 Å². The molecule has 4 heteroatoms. The zero-order valence-corrected chi connectivity index (χ0v) is 11.6. The van der Waals surface area contributed by atoms with Crippen molar-refractivity contribution in [1.29, 1.82) is 0 Å². The van der Waals surface area contributed by atoms with E-state index >= 15 is 0 Å². The number of nitrogens with zero attached hydrogens (tertiary/aromatic N) is 1. The minimum atomic E-state index is -0.654. The highest BCUT2D eigenvalue weighted by molar-refractivity contribution is 7.99. The van der Waals surface area contributed by atoms with Crippen LogP contribution in [-0.4, -0.2) is 58.5 Å². The van der Waals surface area contributed by atoms with Gasteiger partial charge >= 0.3 is 0 Å². The Balaban J connectivity index is 2.16. The fourth-order valence-corrected chi connectivity index (χ4v) is 4.63. The molecule has 17 heavy (non-hydrogen) atoms. The molecular formula is C13H25NO2S. The van der Waals surface area contributed by atoms with E-state index in [0.29, 0.717) is 0 Å². The van der Waals surface area contributed by atoms with Gasteiger partial charge in [-0.15, -0.1) is 0 Å². The Bertz CT molecular complexity index is 256. The van der Waals surface area contributed by atoms with Gasteiger partial charge in [-0.1, -0.05) is 6.92 Å². The van der Waals surface area contributed by atoms with Crippen LogP contribution in [0, 0.1) is 5.41 Å². The number of aliphatic hydroxyl groups excluding tert-OH is 1. The lowest BCUT2D eigenvalue weighted by atomic mass is 9.66. The van der Waals surface area contributed by atoms with Crippen LogP contribution in [0.2, 0.25) is 0 Å². The lowest BCUT2D eigenvalue weighted by Crippen LogP contribution is -2.61. The molecule has 0 amide bonds. The molecule has 100 valence electrons. The zero-order valence-electron chi connectivity index (χ0n) is 10.8. The molecule has 0 aromatic heterocycles. The Labute approximate surface area is 109 Å². The summed E-state index contributed by atoms with van der Waals surface area (Å²) in [5.74, 6) is 1.95. The summed E-state index contributed by atoms with van der Waals surface area (Å²) < 4.78 is 0. The highest BCUT2D eigenvalue weighted by Crippen LogP contribution is 2.46. The lowest BCUT2D eigenvalue weighted by Gasteiger charge is -2.52. The topological polar surface area (TPSA) is 43.7 Å². The van der Waals surface area contributed by atoms with Crippen LogP contribution < -0.4 is 0 Å². The van der Waals surface area contributed by atoms with E-state index in [1.807, 2.05) is 11.8 Å². The predicted molar refractivity (Wildman–Crippen MR) is 72.4 cm³/mol. The molecule has 2 rings (SSSR count). The number of likely N-dealkylation sites (tertiary alicyclic amines) is 1. The second-order valence-electron chi connectivity index (χ2n) is 5.60. The van der Waals surface area contributed by atoms with E-state index < -0.39 is 5.60 Å². The quantitative estimate of drug-likeness (QED) is 0.803. The van der Waals surface area contributed by atoms with Crippen molar-refractivity contribution in [2.24, 2.45) is 5.41 Å². The third-order valence-corrected chi connectivity index (χ3v) is 5.87. The second-order valence-corrected chi connectivity index (χ2v) is 6.70. The summed E-state index contributed by atoms with van der Waals surface area (Å²) in [4.78, 5) is 2.37. The van der Waals surface area contributed by atoms with Crippen molar-refractivity contribution in [3.05, 3.63) is 0 Å². The van der Waals surface area contributed by atoms with Crippen molar-refractivity contribution in [1.82, 2.24) is 4.90 Å². The summed E-state index contributed by atoms with van der Waals surface area (Å²) in [5.41, 5.74) is -0.937. The van der Waals surface area contributed by atoms with Crippen LogP contribution in [0.4, 0.5) is 0 Å². The summed E-state index contributed by atoms with van der Waals surface area (Å²) >= 11 is 1.84. The number of rotatable bonds is 3. The second kappa shape index (κ2) is 5.47. The van der Waals surface area contributed by atoms with Crippen molar-refractivity contribution in [3.63, 3.8) is 0 Å². The highest BCUT2D eigenvalue weighted by atomic mass is 32.2. The maximum Gasteiger partial charge on any atom is 0.0828 e. The Kier molecular flexibility index (Phi) is 4.40. The molecule has 2 saturated heterocycles. The molecule has 0 aromatic carbocycles. The van der Waals surface area contributed by atoms with Gasteiger partial charge in [0.2, 0.25) is 0 Å². The first-order valence-corrected chi connectivity index (χ1v) is 7.95. The minimum Gasteiger partial charge on any atom is -0.396 e. The van der Waals surface area contributed by atoms with Crippen molar-refractivity contribution in [2.75, 3.05) is 37.7 Å². The average molecular weight is 259 g/mol. The molecular weight excluding hydrogens is 234 g/mol. The molecule has 0 aliphatic carbocycles. The molecule has 2 unspecified atom stereocenters. The highest BCUT2D eigenvalue weighted by Gasteiger charge is 2.51. The molecule has 0 radical (unpaired) electrons. The van der Waals surface area contributed by atoms with Crippen LogP contribution >= 0.6 is 11.8 Å². The fourth-order valence-electron chi connectivity index (χ4n) is 3.35. The number of piperidine rings is 1.